The van der Waals surface area contributed by atoms with Gasteiger partial charge in [-0.25, -0.2) is 0 Å². The van der Waals surface area contributed by atoms with Crippen molar-refractivity contribution < 1.29 is 9.47 Å². The summed E-state index contributed by atoms with van der Waals surface area (Å²) in [6.07, 6.45) is 8.71. The molecule has 19 heavy (non-hydrogen) atoms. The van der Waals surface area contributed by atoms with Crippen LogP contribution < -0.4 is 5.32 Å². The molecular weight excluding hydrogens is 238 g/mol. The molecular formula is C16H33NO2. The van der Waals surface area contributed by atoms with Crippen molar-refractivity contribution in [1.29, 1.82) is 0 Å². The van der Waals surface area contributed by atoms with Crippen molar-refractivity contribution in [3.8, 4) is 0 Å². The molecule has 0 heterocycles. The van der Waals surface area contributed by atoms with Crippen molar-refractivity contribution in [3.05, 3.63) is 0 Å². The zero-order valence-corrected chi connectivity index (χ0v) is 13.2. The van der Waals surface area contributed by atoms with Crippen LogP contribution in [0.1, 0.15) is 65.7 Å². The van der Waals surface area contributed by atoms with Gasteiger partial charge in [-0.3, -0.25) is 0 Å². The average molecular weight is 271 g/mol. The van der Waals surface area contributed by atoms with E-state index in [1.165, 1.54) is 38.5 Å². The summed E-state index contributed by atoms with van der Waals surface area (Å²) in [6.45, 7) is 9.86. The zero-order chi connectivity index (χ0) is 14.0. The smallest absolute Gasteiger partial charge is 0.0857 e. The molecule has 0 aromatic carbocycles. The van der Waals surface area contributed by atoms with E-state index in [2.05, 4.69) is 26.1 Å². The van der Waals surface area contributed by atoms with Gasteiger partial charge in [0.1, 0.15) is 0 Å². The summed E-state index contributed by atoms with van der Waals surface area (Å²) in [5.41, 5.74) is -0.00496. The number of hydrogen-bond acceptors (Lipinski definition) is 3. The van der Waals surface area contributed by atoms with Crippen LogP contribution in [0.2, 0.25) is 0 Å². The molecule has 0 bridgehead atoms. The lowest BCUT2D eigenvalue weighted by Crippen LogP contribution is -2.55. The molecule has 1 saturated carbocycles. The maximum Gasteiger partial charge on any atom is 0.0857 e. The highest BCUT2D eigenvalue weighted by atomic mass is 16.5. The highest BCUT2D eigenvalue weighted by Gasteiger charge is 2.39. The summed E-state index contributed by atoms with van der Waals surface area (Å²) in [6, 6.07) is 0.335. The monoisotopic (exact) mass is 271 g/mol. The van der Waals surface area contributed by atoms with Crippen LogP contribution in [0.4, 0.5) is 0 Å². The van der Waals surface area contributed by atoms with Gasteiger partial charge in [-0.05, 0) is 32.7 Å². The summed E-state index contributed by atoms with van der Waals surface area (Å²) < 4.78 is 12.1. The Morgan fingerprint density at radius 3 is 2.26 bits per heavy atom. The SMILES string of the molecule is CCCOCC(NCC)C1(OCC)CCCCCC1. The molecule has 114 valence electrons. The Morgan fingerprint density at radius 1 is 1.05 bits per heavy atom. The molecule has 1 fully saturated rings. The maximum atomic E-state index is 6.25. The maximum absolute atomic E-state index is 6.25. The van der Waals surface area contributed by atoms with Gasteiger partial charge in [0.05, 0.1) is 18.2 Å². The highest BCUT2D eigenvalue weighted by Crippen LogP contribution is 2.33. The van der Waals surface area contributed by atoms with Gasteiger partial charge in [-0.15, -0.1) is 0 Å². The minimum absolute atomic E-state index is 0.00496. The van der Waals surface area contributed by atoms with Crippen molar-refractivity contribution in [2.24, 2.45) is 0 Å². The third-order valence-corrected chi connectivity index (χ3v) is 4.10. The Hall–Kier alpha value is -0.120. The Morgan fingerprint density at radius 2 is 1.74 bits per heavy atom. The first-order chi connectivity index (χ1) is 9.29. The summed E-state index contributed by atoms with van der Waals surface area (Å²) in [7, 11) is 0. The lowest BCUT2D eigenvalue weighted by atomic mass is 9.86. The first kappa shape index (κ1) is 16.9. The van der Waals surface area contributed by atoms with Crippen molar-refractivity contribution in [1.82, 2.24) is 5.32 Å². The van der Waals surface area contributed by atoms with Gasteiger partial charge in [-0.1, -0.05) is 39.5 Å². The van der Waals surface area contributed by atoms with Gasteiger partial charge in [0, 0.05) is 13.2 Å². The fourth-order valence-electron chi connectivity index (χ4n) is 3.20. The summed E-state index contributed by atoms with van der Waals surface area (Å²) in [4.78, 5) is 0. The number of ether oxygens (including phenoxy) is 2. The van der Waals surface area contributed by atoms with Crippen LogP contribution in [0.3, 0.4) is 0 Å². The van der Waals surface area contributed by atoms with Gasteiger partial charge in [0.2, 0.25) is 0 Å². The number of hydrogen-bond donors (Lipinski definition) is 1. The molecule has 1 aliphatic rings. The molecule has 3 heteroatoms. The quantitative estimate of drug-likeness (QED) is 0.514. The van der Waals surface area contributed by atoms with Gasteiger partial charge in [0.15, 0.2) is 0 Å². The first-order valence-electron chi connectivity index (χ1n) is 8.24. The molecule has 0 radical (unpaired) electrons. The van der Waals surface area contributed by atoms with Crippen LogP contribution in [0.25, 0.3) is 0 Å². The topological polar surface area (TPSA) is 30.5 Å². The molecule has 3 nitrogen and oxygen atoms in total. The predicted molar refractivity (Wildman–Crippen MR) is 80.6 cm³/mol. The third-order valence-electron chi connectivity index (χ3n) is 4.10. The Balaban J connectivity index is 2.70. The molecule has 0 aromatic rings. The number of likely N-dealkylation sites (N-methyl/N-ethyl adjacent to an activating group) is 1. The van der Waals surface area contributed by atoms with Gasteiger partial charge < -0.3 is 14.8 Å². The standard InChI is InChI=1S/C16H33NO2/c1-4-13-18-14-15(17-5-2)16(19-6-3)11-9-7-8-10-12-16/h15,17H,4-14H2,1-3H3. The lowest BCUT2D eigenvalue weighted by Gasteiger charge is -2.40. The fraction of sp³-hybridized carbons (Fsp3) is 1.00. The Labute approximate surface area is 119 Å². The van der Waals surface area contributed by atoms with E-state index in [-0.39, 0.29) is 5.60 Å². The van der Waals surface area contributed by atoms with Crippen LogP contribution in [0.5, 0.6) is 0 Å². The van der Waals surface area contributed by atoms with E-state index in [4.69, 9.17) is 9.47 Å². The van der Waals surface area contributed by atoms with Crippen LogP contribution >= 0.6 is 0 Å². The summed E-state index contributed by atoms with van der Waals surface area (Å²) in [5.74, 6) is 0. The molecule has 1 atom stereocenters. The molecule has 1 unspecified atom stereocenters. The zero-order valence-electron chi connectivity index (χ0n) is 13.2. The number of rotatable bonds is 9. The second kappa shape index (κ2) is 9.73. The molecule has 1 rings (SSSR count). The van der Waals surface area contributed by atoms with E-state index < -0.39 is 0 Å². The Bertz CT molecular complexity index is 213. The van der Waals surface area contributed by atoms with E-state index in [1.54, 1.807) is 0 Å². The molecule has 0 saturated heterocycles. The normalized spacial score (nSPS) is 21.0. The molecule has 0 aromatic heterocycles. The van der Waals surface area contributed by atoms with Crippen molar-refractivity contribution >= 4 is 0 Å². The molecule has 0 amide bonds. The van der Waals surface area contributed by atoms with E-state index in [0.29, 0.717) is 6.04 Å². The molecule has 1 aliphatic carbocycles. The van der Waals surface area contributed by atoms with Crippen LogP contribution in [-0.4, -0.2) is 38.0 Å². The molecule has 0 spiro atoms. The van der Waals surface area contributed by atoms with Crippen molar-refractivity contribution in [3.63, 3.8) is 0 Å². The van der Waals surface area contributed by atoms with E-state index in [9.17, 15) is 0 Å². The molecule has 0 aliphatic heterocycles. The first-order valence-corrected chi connectivity index (χ1v) is 8.24. The average Bonchev–Trinajstić information content (AvgIpc) is 2.65. The fourth-order valence-corrected chi connectivity index (χ4v) is 3.20. The number of nitrogens with one attached hydrogen (secondary N) is 1. The van der Waals surface area contributed by atoms with Gasteiger partial charge >= 0.3 is 0 Å². The minimum Gasteiger partial charge on any atom is -0.380 e. The summed E-state index contributed by atoms with van der Waals surface area (Å²) >= 11 is 0. The lowest BCUT2D eigenvalue weighted by molar-refractivity contribution is -0.0936. The van der Waals surface area contributed by atoms with Crippen molar-refractivity contribution in [2.75, 3.05) is 26.4 Å². The van der Waals surface area contributed by atoms with Crippen LogP contribution in [0.15, 0.2) is 0 Å². The predicted octanol–water partition coefficient (Wildman–Crippen LogP) is 3.52. The van der Waals surface area contributed by atoms with Gasteiger partial charge in [-0.2, -0.15) is 0 Å². The van der Waals surface area contributed by atoms with Crippen LogP contribution in [0, 0.1) is 0 Å². The second-order valence-corrected chi connectivity index (χ2v) is 5.60. The van der Waals surface area contributed by atoms with Gasteiger partial charge in [0.25, 0.3) is 0 Å². The molecule has 1 N–H and O–H groups in total. The third kappa shape index (κ3) is 5.41. The van der Waals surface area contributed by atoms with Crippen LogP contribution in [-0.2, 0) is 9.47 Å². The largest absolute Gasteiger partial charge is 0.380 e. The van der Waals surface area contributed by atoms with E-state index >= 15 is 0 Å². The summed E-state index contributed by atoms with van der Waals surface area (Å²) in [5, 5.41) is 3.61. The van der Waals surface area contributed by atoms with Crippen molar-refractivity contribution in [2.45, 2.75) is 77.4 Å². The Kier molecular flexibility index (Phi) is 8.67. The minimum atomic E-state index is -0.00496. The second-order valence-electron chi connectivity index (χ2n) is 5.60. The highest BCUT2D eigenvalue weighted by molar-refractivity contribution is 4.94. The van der Waals surface area contributed by atoms with E-state index in [0.717, 1.165) is 32.8 Å². The van der Waals surface area contributed by atoms with E-state index in [1.807, 2.05) is 0 Å².